The molecule has 1 saturated heterocycles. The van der Waals surface area contributed by atoms with Crippen LogP contribution in [0.15, 0.2) is 60.7 Å². The molecule has 3 nitrogen and oxygen atoms in total. The Kier molecular flexibility index (Phi) is 7.15. The Labute approximate surface area is 160 Å². The van der Waals surface area contributed by atoms with Crippen LogP contribution in [0.2, 0.25) is 0 Å². The summed E-state index contributed by atoms with van der Waals surface area (Å²) in [4.78, 5) is 13.1. The van der Waals surface area contributed by atoms with Gasteiger partial charge in [0, 0.05) is 11.7 Å². The highest BCUT2D eigenvalue weighted by Gasteiger charge is 2.24. The molecule has 1 N–H and O–H groups in total. The van der Waals surface area contributed by atoms with E-state index in [2.05, 4.69) is 77.3 Å². The highest BCUT2D eigenvalue weighted by atomic mass is 32.2. The standard InChI is InChI=1S/C22H27NO2S/c24-21(25)12-7-15-23-16-13-20(14-17-23)26-22(18-8-3-1-4-9-18)19-10-5-2-6-11-19/h1-6,8-11,20,22H,7,12-17H2,(H,24,25). The van der Waals surface area contributed by atoms with Gasteiger partial charge in [0.1, 0.15) is 0 Å². The Morgan fingerprint density at radius 1 is 1.00 bits per heavy atom. The summed E-state index contributed by atoms with van der Waals surface area (Å²) >= 11 is 2.08. The van der Waals surface area contributed by atoms with Gasteiger partial charge in [-0.1, -0.05) is 60.7 Å². The van der Waals surface area contributed by atoms with Crippen molar-refractivity contribution < 1.29 is 9.90 Å². The van der Waals surface area contributed by atoms with E-state index in [9.17, 15) is 4.79 Å². The maximum Gasteiger partial charge on any atom is 0.303 e. The Morgan fingerprint density at radius 3 is 2.04 bits per heavy atom. The first-order valence-corrected chi connectivity index (χ1v) is 10.4. The zero-order valence-electron chi connectivity index (χ0n) is 15.1. The van der Waals surface area contributed by atoms with E-state index in [0.717, 1.165) is 26.1 Å². The van der Waals surface area contributed by atoms with Gasteiger partial charge in [0.2, 0.25) is 0 Å². The van der Waals surface area contributed by atoms with Gasteiger partial charge in [0.25, 0.3) is 0 Å². The van der Waals surface area contributed by atoms with Gasteiger partial charge in [-0.2, -0.15) is 0 Å². The fourth-order valence-corrected chi connectivity index (χ4v) is 5.02. The molecule has 0 aliphatic carbocycles. The zero-order valence-corrected chi connectivity index (χ0v) is 15.9. The molecule has 0 aromatic heterocycles. The number of benzene rings is 2. The van der Waals surface area contributed by atoms with Crippen LogP contribution in [0, 0.1) is 0 Å². The van der Waals surface area contributed by atoms with E-state index in [1.54, 1.807) is 0 Å². The normalized spacial score (nSPS) is 16.0. The molecule has 1 fully saturated rings. The van der Waals surface area contributed by atoms with Crippen molar-refractivity contribution in [3.8, 4) is 0 Å². The van der Waals surface area contributed by atoms with E-state index in [1.165, 1.54) is 24.0 Å². The Bertz CT molecular complexity index is 630. The van der Waals surface area contributed by atoms with Gasteiger partial charge in [0.05, 0.1) is 5.25 Å². The molecular formula is C22H27NO2S. The molecule has 0 amide bonds. The van der Waals surface area contributed by atoms with Crippen LogP contribution in [0.5, 0.6) is 0 Å². The molecule has 0 unspecified atom stereocenters. The molecule has 1 heterocycles. The average Bonchev–Trinajstić information content (AvgIpc) is 2.68. The van der Waals surface area contributed by atoms with Gasteiger partial charge in [-0.05, 0) is 50.0 Å². The molecule has 26 heavy (non-hydrogen) atoms. The van der Waals surface area contributed by atoms with Crippen LogP contribution >= 0.6 is 11.8 Å². The van der Waals surface area contributed by atoms with Crippen molar-refractivity contribution in [2.45, 2.75) is 36.2 Å². The topological polar surface area (TPSA) is 40.5 Å². The first kappa shape index (κ1) is 19.0. The van der Waals surface area contributed by atoms with Crippen LogP contribution in [-0.2, 0) is 4.79 Å². The largest absolute Gasteiger partial charge is 0.481 e. The summed E-state index contributed by atoms with van der Waals surface area (Å²) in [6, 6.07) is 21.5. The number of carboxylic acid groups (broad SMARTS) is 1. The molecule has 1 aliphatic rings. The second-order valence-corrected chi connectivity index (χ2v) is 8.29. The third-order valence-electron chi connectivity index (χ3n) is 4.93. The smallest absolute Gasteiger partial charge is 0.303 e. The van der Waals surface area contributed by atoms with Crippen molar-refractivity contribution in [2.24, 2.45) is 0 Å². The van der Waals surface area contributed by atoms with Gasteiger partial charge in [-0.15, -0.1) is 11.8 Å². The average molecular weight is 370 g/mol. The summed E-state index contributed by atoms with van der Waals surface area (Å²) in [6.45, 7) is 3.06. The lowest BCUT2D eigenvalue weighted by molar-refractivity contribution is -0.137. The number of rotatable bonds is 8. The Hall–Kier alpha value is -1.78. The number of hydrogen-bond donors (Lipinski definition) is 1. The Morgan fingerprint density at radius 2 is 1.54 bits per heavy atom. The lowest BCUT2D eigenvalue weighted by atomic mass is 10.0. The molecule has 0 radical (unpaired) electrons. The SMILES string of the molecule is O=C(O)CCCN1CCC(SC(c2ccccc2)c2ccccc2)CC1. The number of aliphatic carboxylic acids is 1. The lowest BCUT2D eigenvalue weighted by Crippen LogP contribution is -2.35. The molecular weight excluding hydrogens is 342 g/mol. The molecule has 2 aromatic carbocycles. The minimum atomic E-state index is -0.691. The van der Waals surface area contributed by atoms with Crippen LogP contribution < -0.4 is 0 Å². The fourth-order valence-electron chi connectivity index (χ4n) is 3.52. The highest BCUT2D eigenvalue weighted by molar-refractivity contribution is 8.00. The fraction of sp³-hybridized carbons (Fsp3) is 0.409. The quantitative estimate of drug-likeness (QED) is 0.723. The number of carboxylic acids is 1. The van der Waals surface area contributed by atoms with Crippen molar-refractivity contribution in [1.29, 1.82) is 0 Å². The van der Waals surface area contributed by atoms with Crippen LogP contribution in [0.3, 0.4) is 0 Å². The first-order chi connectivity index (χ1) is 12.7. The van der Waals surface area contributed by atoms with Crippen LogP contribution in [0.1, 0.15) is 42.1 Å². The number of thioether (sulfide) groups is 1. The van der Waals surface area contributed by atoms with E-state index >= 15 is 0 Å². The highest BCUT2D eigenvalue weighted by Crippen LogP contribution is 2.41. The summed E-state index contributed by atoms with van der Waals surface area (Å²) < 4.78 is 0. The molecule has 138 valence electrons. The Balaban J connectivity index is 1.58. The van der Waals surface area contributed by atoms with Crippen molar-refractivity contribution >= 4 is 17.7 Å². The second-order valence-electron chi connectivity index (χ2n) is 6.88. The van der Waals surface area contributed by atoms with Gasteiger partial charge in [0.15, 0.2) is 0 Å². The van der Waals surface area contributed by atoms with Crippen molar-refractivity contribution in [2.75, 3.05) is 19.6 Å². The van der Waals surface area contributed by atoms with Gasteiger partial charge in [-0.25, -0.2) is 0 Å². The van der Waals surface area contributed by atoms with Gasteiger partial charge >= 0.3 is 5.97 Å². The number of carbonyl (C=O) groups is 1. The first-order valence-electron chi connectivity index (χ1n) is 9.42. The molecule has 4 heteroatoms. The molecule has 0 atom stereocenters. The number of likely N-dealkylation sites (tertiary alicyclic amines) is 1. The van der Waals surface area contributed by atoms with Gasteiger partial charge in [-0.3, -0.25) is 4.79 Å². The molecule has 0 bridgehead atoms. The molecule has 0 saturated carbocycles. The number of hydrogen-bond acceptors (Lipinski definition) is 3. The summed E-state index contributed by atoms with van der Waals surface area (Å²) in [5, 5.41) is 9.80. The predicted octanol–water partition coefficient (Wildman–Crippen LogP) is 4.84. The molecule has 2 aromatic rings. The van der Waals surface area contributed by atoms with E-state index < -0.39 is 5.97 Å². The maximum atomic E-state index is 10.7. The van der Waals surface area contributed by atoms with E-state index in [4.69, 9.17) is 5.11 Å². The van der Waals surface area contributed by atoms with Crippen LogP contribution in [-0.4, -0.2) is 40.9 Å². The summed E-state index contributed by atoms with van der Waals surface area (Å²) in [6.07, 6.45) is 3.38. The van der Waals surface area contributed by atoms with E-state index in [1.807, 2.05) is 0 Å². The van der Waals surface area contributed by atoms with Crippen LogP contribution in [0.4, 0.5) is 0 Å². The third-order valence-corrected chi connectivity index (χ3v) is 6.61. The van der Waals surface area contributed by atoms with Crippen LogP contribution in [0.25, 0.3) is 0 Å². The van der Waals surface area contributed by atoms with Gasteiger partial charge < -0.3 is 10.0 Å². The number of piperidine rings is 1. The van der Waals surface area contributed by atoms with E-state index in [0.29, 0.717) is 10.5 Å². The van der Waals surface area contributed by atoms with Crippen molar-refractivity contribution in [1.82, 2.24) is 4.90 Å². The number of nitrogens with zero attached hydrogens (tertiary/aromatic N) is 1. The van der Waals surface area contributed by atoms with E-state index in [-0.39, 0.29) is 6.42 Å². The summed E-state index contributed by atoms with van der Waals surface area (Å²) in [7, 11) is 0. The zero-order chi connectivity index (χ0) is 18.2. The molecule has 1 aliphatic heterocycles. The molecule has 3 rings (SSSR count). The van der Waals surface area contributed by atoms with Crippen molar-refractivity contribution in [3.05, 3.63) is 71.8 Å². The maximum absolute atomic E-state index is 10.7. The monoisotopic (exact) mass is 369 g/mol. The second kappa shape index (κ2) is 9.79. The lowest BCUT2D eigenvalue weighted by Gasteiger charge is -2.33. The predicted molar refractivity (Wildman–Crippen MR) is 109 cm³/mol. The molecule has 0 spiro atoms. The summed E-state index contributed by atoms with van der Waals surface area (Å²) in [5.74, 6) is -0.691. The summed E-state index contributed by atoms with van der Waals surface area (Å²) in [5.41, 5.74) is 2.74. The third kappa shape index (κ3) is 5.61. The van der Waals surface area contributed by atoms with Crippen molar-refractivity contribution in [3.63, 3.8) is 0 Å². The minimum absolute atomic E-state index is 0.277. The minimum Gasteiger partial charge on any atom is -0.481 e.